The Morgan fingerprint density at radius 2 is 1.89 bits per heavy atom. The smallest absolute Gasteiger partial charge is 0.170 e. The van der Waals surface area contributed by atoms with Gasteiger partial charge in [-0.05, 0) is 32.9 Å². The van der Waals surface area contributed by atoms with Gasteiger partial charge in [-0.15, -0.1) is 0 Å². The van der Waals surface area contributed by atoms with Crippen molar-refractivity contribution < 1.29 is 8.94 Å². The van der Waals surface area contributed by atoms with Crippen LogP contribution in [0.2, 0.25) is 0 Å². The van der Waals surface area contributed by atoms with Gasteiger partial charge in [0.1, 0.15) is 17.3 Å². The Morgan fingerprint density at radius 3 is 2.53 bits per heavy atom. The zero-order chi connectivity index (χ0) is 13.4. The topological polar surface area (TPSA) is 65.0 Å². The Kier molecular flexibility index (Phi) is 2.67. The summed E-state index contributed by atoms with van der Waals surface area (Å²) in [6.45, 7) is 5.61. The minimum Gasteiger partial charge on any atom is -0.460 e. The summed E-state index contributed by atoms with van der Waals surface area (Å²) in [5, 5.41) is 3.89. The van der Waals surface area contributed by atoms with Gasteiger partial charge in [-0.25, -0.2) is 9.97 Å². The van der Waals surface area contributed by atoms with Crippen LogP contribution in [0.4, 0.5) is 0 Å². The highest BCUT2D eigenvalue weighted by Gasteiger charge is 2.16. The number of hydrogen-bond donors (Lipinski definition) is 0. The fourth-order valence-electron chi connectivity index (χ4n) is 1.89. The third-order valence-electron chi connectivity index (χ3n) is 2.78. The van der Waals surface area contributed by atoms with E-state index in [0.29, 0.717) is 17.3 Å². The Labute approximate surface area is 110 Å². The van der Waals surface area contributed by atoms with Crippen molar-refractivity contribution in [1.82, 2.24) is 15.1 Å². The number of furan rings is 1. The van der Waals surface area contributed by atoms with Gasteiger partial charge in [-0.2, -0.15) is 0 Å². The molecule has 0 aliphatic carbocycles. The highest BCUT2D eigenvalue weighted by molar-refractivity contribution is 5.74. The van der Waals surface area contributed by atoms with Gasteiger partial charge in [0.05, 0.1) is 11.3 Å². The van der Waals surface area contributed by atoms with Crippen LogP contribution in [0.15, 0.2) is 33.3 Å². The SMILES string of the molecule is Cc1cc(-c2cnc(C)nc2-c2ccc(C)o2)on1. The number of aryl methyl sites for hydroxylation is 3. The summed E-state index contributed by atoms with van der Waals surface area (Å²) in [6.07, 6.45) is 1.73. The van der Waals surface area contributed by atoms with Gasteiger partial charge in [0, 0.05) is 12.3 Å². The number of hydrogen-bond acceptors (Lipinski definition) is 5. The lowest BCUT2D eigenvalue weighted by molar-refractivity contribution is 0.426. The molecule has 3 aromatic heterocycles. The van der Waals surface area contributed by atoms with Gasteiger partial charge < -0.3 is 8.94 Å². The molecule has 0 atom stereocenters. The first-order valence-corrected chi connectivity index (χ1v) is 5.97. The van der Waals surface area contributed by atoms with Crippen molar-refractivity contribution in [1.29, 1.82) is 0 Å². The van der Waals surface area contributed by atoms with Gasteiger partial charge in [-0.1, -0.05) is 5.16 Å². The van der Waals surface area contributed by atoms with Crippen LogP contribution in [0.5, 0.6) is 0 Å². The van der Waals surface area contributed by atoms with E-state index in [1.165, 1.54) is 0 Å². The molecule has 0 amide bonds. The molecule has 0 saturated carbocycles. The molecular weight excluding hydrogens is 242 g/mol. The normalized spacial score (nSPS) is 10.9. The molecule has 3 heterocycles. The monoisotopic (exact) mass is 255 g/mol. The maximum absolute atomic E-state index is 5.64. The quantitative estimate of drug-likeness (QED) is 0.702. The fourth-order valence-corrected chi connectivity index (χ4v) is 1.89. The van der Waals surface area contributed by atoms with E-state index in [-0.39, 0.29) is 0 Å². The summed E-state index contributed by atoms with van der Waals surface area (Å²) < 4.78 is 10.9. The molecule has 0 aliphatic rings. The second-order valence-corrected chi connectivity index (χ2v) is 4.42. The molecule has 3 rings (SSSR count). The Balaban J connectivity index is 2.20. The molecule has 0 saturated heterocycles. The molecule has 5 heteroatoms. The van der Waals surface area contributed by atoms with Crippen LogP contribution in [0.3, 0.4) is 0 Å². The Morgan fingerprint density at radius 1 is 1.05 bits per heavy atom. The molecule has 0 aromatic carbocycles. The van der Waals surface area contributed by atoms with Crippen LogP contribution in [-0.2, 0) is 0 Å². The largest absolute Gasteiger partial charge is 0.460 e. The molecule has 0 N–H and O–H groups in total. The van der Waals surface area contributed by atoms with Crippen molar-refractivity contribution in [2.45, 2.75) is 20.8 Å². The lowest BCUT2D eigenvalue weighted by Crippen LogP contribution is -1.93. The summed E-state index contributed by atoms with van der Waals surface area (Å²) in [5.74, 6) is 2.86. The highest BCUT2D eigenvalue weighted by atomic mass is 16.5. The predicted molar refractivity (Wildman–Crippen MR) is 69.4 cm³/mol. The second-order valence-electron chi connectivity index (χ2n) is 4.42. The summed E-state index contributed by atoms with van der Waals surface area (Å²) in [6, 6.07) is 5.65. The van der Waals surface area contributed by atoms with E-state index in [4.69, 9.17) is 8.94 Å². The van der Waals surface area contributed by atoms with Crippen molar-refractivity contribution in [2.24, 2.45) is 0 Å². The first kappa shape index (κ1) is 11.6. The third-order valence-corrected chi connectivity index (χ3v) is 2.78. The van der Waals surface area contributed by atoms with E-state index in [2.05, 4.69) is 15.1 Å². The maximum Gasteiger partial charge on any atom is 0.170 e. The van der Waals surface area contributed by atoms with Gasteiger partial charge >= 0.3 is 0 Å². The number of rotatable bonds is 2. The van der Waals surface area contributed by atoms with Gasteiger partial charge in [0.2, 0.25) is 0 Å². The third kappa shape index (κ3) is 2.14. The first-order chi connectivity index (χ1) is 9.13. The van der Waals surface area contributed by atoms with Crippen LogP contribution < -0.4 is 0 Å². The number of nitrogens with zero attached hydrogens (tertiary/aromatic N) is 3. The summed E-state index contributed by atoms with van der Waals surface area (Å²) in [5.41, 5.74) is 2.31. The standard InChI is InChI=1S/C14H13N3O2/c1-8-6-13(19-17-8)11-7-15-10(3)16-14(11)12-5-4-9(2)18-12/h4-7H,1-3H3. The van der Waals surface area contributed by atoms with Crippen molar-refractivity contribution >= 4 is 0 Å². The van der Waals surface area contributed by atoms with E-state index in [9.17, 15) is 0 Å². The lowest BCUT2D eigenvalue weighted by atomic mass is 10.1. The molecule has 96 valence electrons. The second kappa shape index (κ2) is 4.35. The van der Waals surface area contributed by atoms with E-state index in [1.807, 2.05) is 39.0 Å². The van der Waals surface area contributed by atoms with Gasteiger partial charge in [0.15, 0.2) is 11.5 Å². The maximum atomic E-state index is 5.64. The first-order valence-electron chi connectivity index (χ1n) is 5.97. The molecule has 0 radical (unpaired) electrons. The zero-order valence-corrected chi connectivity index (χ0v) is 11.0. The summed E-state index contributed by atoms with van der Waals surface area (Å²) in [4.78, 5) is 8.67. The van der Waals surface area contributed by atoms with Crippen molar-refractivity contribution in [3.05, 3.63) is 41.7 Å². The van der Waals surface area contributed by atoms with Crippen LogP contribution in [0, 0.1) is 20.8 Å². The fraction of sp³-hybridized carbons (Fsp3) is 0.214. The van der Waals surface area contributed by atoms with E-state index < -0.39 is 0 Å². The molecular formula is C14H13N3O2. The molecule has 0 unspecified atom stereocenters. The van der Waals surface area contributed by atoms with Crippen molar-refractivity contribution in [2.75, 3.05) is 0 Å². The highest BCUT2D eigenvalue weighted by Crippen LogP contribution is 2.31. The van der Waals surface area contributed by atoms with Gasteiger partial charge in [-0.3, -0.25) is 0 Å². The average molecular weight is 255 g/mol. The van der Waals surface area contributed by atoms with E-state index in [0.717, 1.165) is 22.7 Å². The average Bonchev–Trinajstić information content (AvgIpc) is 2.98. The minimum atomic E-state index is 0.640. The molecule has 0 fully saturated rings. The van der Waals surface area contributed by atoms with Crippen molar-refractivity contribution in [3.63, 3.8) is 0 Å². The van der Waals surface area contributed by atoms with Crippen LogP contribution in [0.25, 0.3) is 22.8 Å². The summed E-state index contributed by atoms with van der Waals surface area (Å²) in [7, 11) is 0. The molecule has 0 spiro atoms. The molecule has 0 bridgehead atoms. The Bertz CT molecular complexity index is 728. The van der Waals surface area contributed by atoms with E-state index in [1.54, 1.807) is 6.20 Å². The molecule has 3 aromatic rings. The summed E-state index contributed by atoms with van der Waals surface area (Å²) >= 11 is 0. The predicted octanol–water partition coefficient (Wildman–Crippen LogP) is 3.32. The molecule has 19 heavy (non-hydrogen) atoms. The number of aromatic nitrogens is 3. The Hall–Kier alpha value is -2.43. The van der Waals surface area contributed by atoms with E-state index >= 15 is 0 Å². The van der Waals surface area contributed by atoms with Crippen LogP contribution in [-0.4, -0.2) is 15.1 Å². The zero-order valence-electron chi connectivity index (χ0n) is 11.0. The molecule has 0 aliphatic heterocycles. The van der Waals surface area contributed by atoms with Crippen molar-refractivity contribution in [3.8, 4) is 22.8 Å². The van der Waals surface area contributed by atoms with Gasteiger partial charge in [0.25, 0.3) is 0 Å². The van der Waals surface area contributed by atoms with Crippen LogP contribution in [0.1, 0.15) is 17.3 Å². The minimum absolute atomic E-state index is 0.640. The van der Waals surface area contributed by atoms with Crippen LogP contribution >= 0.6 is 0 Å². The lowest BCUT2D eigenvalue weighted by Gasteiger charge is -2.03. The molecule has 5 nitrogen and oxygen atoms in total.